The van der Waals surface area contributed by atoms with Gasteiger partial charge in [0.1, 0.15) is 0 Å². The van der Waals surface area contributed by atoms with E-state index in [0.29, 0.717) is 11.8 Å². The summed E-state index contributed by atoms with van der Waals surface area (Å²) in [5.41, 5.74) is 3.42. The van der Waals surface area contributed by atoms with Crippen LogP contribution in [0.1, 0.15) is 69.0 Å². The van der Waals surface area contributed by atoms with E-state index in [0.717, 1.165) is 35.2 Å². The van der Waals surface area contributed by atoms with E-state index in [4.69, 9.17) is 0 Å². The van der Waals surface area contributed by atoms with Crippen LogP contribution in [0.3, 0.4) is 0 Å². The Hall–Kier alpha value is -2.08. The Morgan fingerprint density at radius 1 is 1.03 bits per heavy atom. The number of benzene rings is 2. The quantitative estimate of drug-likeness (QED) is 0.512. The van der Waals surface area contributed by atoms with Crippen molar-refractivity contribution in [1.82, 2.24) is 10.4 Å². The molecule has 1 amide bonds. The molecule has 0 saturated carbocycles. The van der Waals surface area contributed by atoms with Crippen LogP contribution in [0, 0.1) is 0 Å². The van der Waals surface area contributed by atoms with Crippen molar-refractivity contribution in [3.8, 4) is 0 Å². The minimum absolute atomic E-state index is 0.0582. The molecule has 1 unspecified atom stereocenters. The van der Waals surface area contributed by atoms with Crippen molar-refractivity contribution in [2.45, 2.75) is 70.5 Å². The summed E-state index contributed by atoms with van der Waals surface area (Å²) in [6, 6.07) is 9.10. The van der Waals surface area contributed by atoms with E-state index < -0.39 is 12.2 Å². The highest BCUT2D eigenvalue weighted by Crippen LogP contribution is 2.42. The lowest BCUT2D eigenvalue weighted by molar-refractivity contribution is -0.190. The number of nitrogens with one attached hydrogen (secondary N) is 1. The molecule has 1 aliphatic heterocycles. The second-order valence-corrected chi connectivity index (χ2v) is 7.80. The first kappa shape index (κ1) is 21.6. The lowest BCUT2D eigenvalue weighted by Gasteiger charge is -2.32. The third-order valence-electron chi connectivity index (χ3n) is 5.60. The number of aryl methyl sites for hydroxylation is 1. The number of rotatable bonds is 9. The van der Waals surface area contributed by atoms with E-state index in [1.54, 1.807) is 12.1 Å². The number of carbonyl (C=O) groups excluding carboxylic acids is 1. The van der Waals surface area contributed by atoms with Crippen LogP contribution in [0.5, 0.6) is 0 Å². The predicted octanol–water partition coefficient (Wildman–Crippen LogP) is 6.08. The van der Waals surface area contributed by atoms with Crippen LogP contribution in [-0.4, -0.2) is 23.6 Å². The zero-order valence-electron chi connectivity index (χ0n) is 16.9. The maximum absolute atomic E-state index is 14.2. The zero-order chi connectivity index (χ0) is 20.9. The summed E-state index contributed by atoms with van der Waals surface area (Å²) in [5.74, 6) is -0.364. The molecular formula is C23H29F3N2O. The average molecular weight is 406 g/mol. The summed E-state index contributed by atoms with van der Waals surface area (Å²) in [5, 5.41) is 2.46. The first-order valence-electron chi connectivity index (χ1n) is 10.5. The fourth-order valence-electron chi connectivity index (χ4n) is 4.16. The molecule has 29 heavy (non-hydrogen) atoms. The van der Waals surface area contributed by atoms with E-state index in [1.165, 1.54) is 19.3 Å². The summed E-state index contributed by atoms with van der Waals surface area (Å²) < 4.78 is 42.7. The van der Waals surface area contributed by atoms with E-state index in [1.807, 2.05) is 24.3 Å². The van der Waals surface area contributed by atoms with Crippen molar-refractivity contribution in [3.05, 3.63) is 47.5 Å². The molecule has 1 atom stereocenters. The molecule has 0 aliphatic carbocycles. The van der Waals surface area contributed by atoms with Crippen LogP contribution in [0.25, 0.3) is 10.8 Å². The number of halogens is 3. The van der Waals surface area contributed by atoms with Gasteiger partial charge in [0.15, 0.2) is 6.04 Å². The Morgan fingerprint density at radius 2 is 1.76 bits per heavy atom. The number of amides is 1. The van der Waals surface area contributed by atoms with Gasteiger partial charge in [-0.3, -0.25) is 10.2 Å². The molecule has 1 aliphatic rings. The minimum Gasteiger partial charge on any atom is -0.288 e. The number of hydrazine groups is 1. The second-order valence-electron chi connectivity index (χ2n) is 7.80. The van der Waals surface area contributed by atoms with Gasteiger partial charge in [-0.25, -0.2) is 5.01 Å². The highest BCUT2D eigenvalue weighted by Gasteiger charge is 2.48. The van der Waals surface area contributed by atoms with Gasteiger partial charge >= 0.3 is 6.18 Å². The van der Waals surface area contributed by atoms with Crippen LogP contribution in [0.4, 0.5) is 13.2 Å². The number of alkyl halides is 3. The molecule has 2 aromatic rings. The molecule has 0 spiro atoms. The van der Waals surface area contributed by atoms with Crippen LogP contribution >= 0.6 is 0 Å². The van der Waals surface area contributed by atoms with E-state index >= 15 is 0 Å². The van der Waals surface area contributed by atoms with Crippen LogP contribution < -0.4 is 5.43 Å². The number of fused-ring (bicyclic) bond motifs is 1. The third-order valence-corrected chi connectivity index (χ3v) is 5.60. The lowest BCUT2D eigenvalue weighted by atomic mass is 9.90. The smallest absolute Gasteiger partial charge is 0.288 e. The Kier molecular flexibility index (Phi) is 7.17. The molecule has 1 heterocycles. The fraction of sp³-hybridized carbons (Fsp3) is 0.522. The van der Waals surface area contributed by atoms with Gasteiger partial charge in [-0.15, -0.1) is 0 Å². The van der Waals surface area contributed by atoms with Crippen LogP contribution in [0.2, 0.25) is 0 Å². The van der Waals surface area contributed by atoms with Gasteiger partial charge in [0, 0.05) is 13.0 Å². The van der Waals surface area contributed by atoms with Crippen LogP contribution in [0.15, 0.2) is 36.4 Å². The van der Waals surface area contributed by atoms with E-state index in [2.05, 4.69) is 12.3 Å². The Labute approximate surface area is 170 Å². The summed E-state index contributed by atoms with van der Waals surface area (Å²) in [4.78, 5) is 11.6. The molecule has 0 bridgehead atoms. The topological polar surface area (TPSA) is 32.3 Å². The van der Waals surface area contributed by atoms with E-state index in [9.17, 15) is 18.0 Å². The fourth-order valence-corrected chi connectivity index (χ4v) is 4.16. The molecule has 6 heteroatoms. The lowest BCUT2D eigenvalue weighted by Crippen LogP contribution is -2.44. The van der Waals surface area contributed by atoms with Crippen molar-refractivity contribution < 1.29 is 18.0 Å². The van der Waals surface area contributed by atoms with Gasteiger partial charge in [0.25, 0.3) is 0 Å². The standard InChI is InChI=1S/C23H29F3N2O/c1-2-3-4-5-6-7-11-18-14-13-17-10-8-9-12-19(17)21(18)22(23(24,25)26)28-16-15-20(29)27-28/h8-10,12-14,22H,2-7,11,15-16H2,1H3,(H,27,29). The van der Waals surface area contributed by atoms with Gasteiger partial charge in [-0.2, -0.15) is 13.2 Å². The molecule has 3 nitrogen and oxygen atoms in total. The maximum atomic E-state index is 14.2. The second kappa shape index (κ2) is 9.61. The number of nitrogens with zero attached hydrogens (tertiary/aromatic N) is 1. The molecule has 2 aromatic carbocycles. The van der Waals surface area contributed by atoms with Gasteiger partial charge in [0.05, 0.1) is 0 Å². The number of carbonyl (C=O) groups is 1. The van der Waals surface area contributed by atoms with Crippen molar-refractivity contribution in [2.24, 2.45) is 0 Å². The molecule has 158 valence electrons. The van der Waals surface area contributed by atoms with Crippen molar-refractivity contribution >= 4 is 16.7 Å². The zero-order valence-corrected chi connectivity index (χ0v) is 16.9. The van der Waals surface area contributed by atoms with Crippen molar-refractivity contribution in [2.75, 3.05) is 6.54 Å². The minimum atomic E-state index is -4.49. The molecule has 0 radical (unpaired) electrons. The Morgan fingerprint density at radius 3 is 2.45 bits per heavy atom. The highest BCUT2D eigenvalue weighted by molar-refractivity contribution is 5.87. The normalized spacial score (nSPS) is 16.3. The summed E-state index contributed by atoms with van der Waals surface area (Å²) in [6.45, 7) is 2.22. The number of unbranched alkanes of at least 4 members (excludes halogenated alkanes) is 5. The largest absolute Gasteiger partial charge is 0.409 e. The molecule has 3 rings (SSSR count). The molecule has 1 N–H and O–H groups in total. The first-order chi connectivity index (χ1) is 13.9. The third kappa shape index (κ3) is 5.30. The van der Waals surface area contributed by atoms with Gasteiger partial charge in [0.2, 0.25) is 5.91 Å². The molecule has 1 fully saturated rings. The molecular weight excluding hydrogens is 377 g/mol. The Balaban J connectivity index is 1.94. The summed E-state index contributed by atoms with van der Waals surface area (Å²) >= 11 is 0. The number of hydrogen-bond donors (Lipinski definition) is 1. The summed E-state index contributed by atoms with van der Waals surface area (Å²) in [6.07, 6.45) is 2.75. The Bertz CT molecular complexity index is 834. The number of hydrogen-bond acceptors (Lipinski definition) is 2. The summed E-state index contributed by atoms with van der Waals surface area (Å²) in [7, 11) is 0. The van der Waals surface area contributed by atoms with Gasteiger partial charge in [-0.05, 0) is 34.7 Å². The first-order valence-corrected chi connectivity index (χ1v) is 10.5. The highest BCUT2D eigenvalue weighted by atomic mass is 19.4. The van der Waals surface area contributed by atoms with Crippen molar-refractivity contribution in [1.29, 1.82) is 0 Å². The van der Waals surface area contributed by atoms with Gasteiger partial charge < -0.3 is 0 Å². The van der Waals surface area contributed by atoms with Crippen LogP contribution in [-0.2, 0) is 11.2 Å². The monoisotopic (exact) mass is 406 g/mol. The predicted molar refractivity (Wildman–Crippen MR) is 109 cm³/mol. The maximum Gasteiger partial charge on any atom is 0.409 e. The SMILES string of the molecule is CCCCCCCCc1ccc2ccccc2c1C(N1CCC(=O)N1)C(F)(F)F. The molecule has 1 saturated heterocycles. The van der Waals surface area contributed by atoms with Crippen molar-refractivity contribution in [3.63, 3.8) is 0 Å². The van der Waals surface area contributed by atoms with Gasteiger partial charge in [-0.1, -0.05) is 75.4 Å². The average Bonchev–Trinajstić information content (AvgIpc) is 3.10. The molecule has 0 aromatic heterocycles. The van der Waals surface area contributed by atoms with E-state index in [-0.39, 0.29) is 24.4 Å².